The second kappa shape index (κ2) is 8.86. The Kier molecular flexibility index (Phi) is 6.26. The molecule has 2 aromatic rings. The molecule has 0 unspecified atom stereocenters. The second-order valence-electron chi connectivity index (χ2n) is 7.34. The van der Waals surface area contributed by atoms with Gasteiger partial charge >= 0.3 is 5.97 Å². The number of hydrogen-bond donors (Lipinski definition) is 0. The Labute approximate surface area is 169 Å². The maximum atomic E-state index is 12.5. The van der Waals surface area contributed by atoms with Gasteiger partial charge in [0.25, 0.3) is 5.69 Å². The Hall–Kier alpha value is -3.22. The van der Waals surface area contributed by atoms with Crippen LogP contribution in [0, 0.1) is 16.0 Å². The van der Waals surface area contributed by atoms with Gasteiger partial charge in [-0.05, 0) is 55.2 Å². The number of carbonyl (C=O) groups is 2. The van der Waals surface area contributed by atoms with Crippen LogP contribution in [0.4, 0.5) is 11.4 Å². The lowest BCUT2D eigenvalue weighted by molar-refractivity contribution is -0.384. The van der Waals surface area contributed by atoms with E-state index in [2.05, 4.69) is 6.92 Å². The van der Waals surface area contributed by atoms with Gasteiger partial charge in [-0.25, -0.2) is 4.79 Å². The normalized spacial score (nSPS) is 16.3. The molecule has 3 rings (SSSR count). The lowest BCUT2D eigenvalue weighted by Gasteiger charge is -2.32. The number of rotatable bonds is 6. The predicted octanol–water partition coefficient (Wildman–Crippen LogP) is 4.64. The number of anilines is 1. The minimum absolute atomic E-state index is 0.00104. The fraction of sp³-hybridized carbons (Fsp3) is 0.364. The zero-order valence-corrected chi connectivity index (χ0v) is 16.6. The second-order valence-corrected chi connectivity index (χ2v) is 7.34. The van der Waals surface area contributed by atoms with E-state index in [9.17, 15) is 19.7 Å². The third-order valence-corrected chi connectivity index (χ3v) is 5.11. The molecule has 7 nitrogen and oxygen atoms in total. The summed E-state index contributed by atoms with van der Waals surface area (Å²) < 4.78 is 5.32. The van der Waals surface area contributed by atoms with Crippen molar-refractivity contribution in [2.45, 2.75) is 33.1 Å². The van der Waals surface area contributed by atoms with Crippen LogP contribution in [0.1, 0.15) is 53.8 Å². The molecule has 1 saturated heterocycles. The highest BCUT2D eigenvalue weighted by molar-refractivity contribution is 5.96. The van der Waals surface area contributed by atoms with Crippen LogP contribution in [0.15, 0.2) is 42.5 Å². The fourth-order valence-corrected chi connectivity index (χ4v) is 3.55. The number of nitrogens with zero attached hydrogens (tertiary/aromatic N) is 2. The molecule has 152 valence electrons. The van der Waals surface area contributed by atoms with E-state index in [-0.39, 0.29) is 22.8 Å². The number of Topliss-reactive ketones (excluding diaryl/α,β-unsaturated/α-hetero) is 1. The van der Waals surface area contributed by atoms with Crippen LogP contribution < -0.4 is 9.64 Å². The molecule has 0 amide bonds. The predicted molar refractivity (Wildman–Crippen MR) is 110 cm³/mol. The van der Waals surface area contributed by atoms with Crippen molar-refractivity contribution in [2.24, 2.45) is 5.92 Å². The van der Waals surface area contributed by atoms with E-state index in [1.165, 1.54) is 6.07 Å². The molecule has 1 fully saturated rings. The van der Waals surface area contributed by atoms with E-state index >= 15 is 0 Å². The summed E-state index contributed by atoms with van der Waals surface area (Å²) in [6, 6.07) is 10.7. The van der Waals surface area contributed by atoms with Crippen molar-refractivity contribution in [1.29, 1.82) is 0 Å². The maximum absolute atomic E-state index is 12.5. The average Bonchev–Trinajstić information content (AvgIpc) is 2.73. The fourth-order valence-electron chi connectivity index (χ4n) is 3.55. The number of hydrogen-bond acceptors (Lipinski definition) is 6. The lowest BCUT2D eigenvalue weighted by atomic mass is 9.99. The smallest absolute Gasteiger partial charge is 0.343 e. The van der Waals surface area contributed by atoms with Crippen molar-refractivity contribution in [3.8, 4) is 5.75 Å². The minimum atomic E-state index is -0.679. The zero-order chi connectivity index (χ0) is 21.0. The van der Waals surface area contributed by atoms with E-state index in [0.717, 1.165) is 25.9 Å². The number of ketones is 1. The first-order valence-electron chi connectivity index (χ1n) is 9.78. The van der Waals surface area contributed by atoms with Crippen LogP contribution >= 0.6 is 0 Å². The van der Waals surface area contributed by atoms with Crippen LogP contribution in [0.25, 0.3) is 0 Å². The van der Waals surface area contributed by atoms with Crippen molar-refractivity contribution in [3.63, 3.8) is 0 Å². The molecular formula is C22H24N2O5. The van der Waals surface area contributed by atoms with Crippen LogP contribution in [0.3, 0.4) is 0 Å². The zero-order valence-electron chi connectivity index (χ0n) is 16.6. The highest BCUT2D eigenvalue weighted by Gasteiger charge is 2.25. The standard InChI is InChI=1S/C22H24N2O5/c1-3-21(25)16-6-9-18(10-7-16)29-22(26)17-8-11-19(20(13-17)24(27)28)23-12-4-5-15(2)14-23/h6-11,13,15H,3-5,12,14H2,1-2H3/t15-/m0/s1. The van der Waals surface area contributed by atoms with E-state index in [0.29, 0.717) is 23.6 Å². The van der Waals surface area contributed by atoms with Gasteiger partial charge in [0.15, 0.2) is 5.78 Å². The Balaban J connectivity index is 1.79. The third kappa shape index (κ3) is 4.80. The van der Waals surface area contributed by atoms with Gasteiger partial charge in [0.2, 0.25) is 0 Å². The molecule has 0 bridgehead atoms. The van der Waals surface area contributed by atoms with Gasteiger partial charge in [-0.3, -0.25) is 14.9 Å². The highest BCUT2D eigenvalue weighted by atomic mass is 16.6. The molecule has 7 heteroatoms. The number of nitro groups is 1. The molecule has 0 aliphatic carbocycles. The van der Waals surface area contributed by atoms with Gasteiger partial charge in [0.05, 0.1) is 10.5 Å². The van der Waals surface area contributed by atoms with E-state index in [4.69, 9.17) is 4.74 Å². The van der Waals surface area contributed by atoms with Gasteiger partial charge in [0.1, 0.15) is 11.4 Å². The van der Waals surface area contributed by atoms with Crippen LogP contribution in [-0.4, -0.2) is 29.8 Å². The minimum Gasteiger partial charge on any atom is -0.423 e. The number of carbonyl (C=O) groups excluding carboxylic acids is 2. The van der Waals surface area contributed by atoms with Gasteiger partial charge in [-0.1, -0.05) is 13.8 Å². The van der Waals surface area contributed by atoms with Gasteiger partial charge in [0, 0.05) is 31.1 Å². The summed E-state index contributed by atoms with van der Waals surface area (Å²) in [5.74, 6) is 0.0668. The topological polar surface area (TPSA) is 89.8 Å². The van der Waals surface area contributed by atoms with Crippen LogP contribution in [0.2, 0.25) is 0 Å². The molecule has 0 radical (unpaired) electrons. The maximum Gasteiger partial charge on any atom is 0.343 e. The van der Waals surface area contributed by atoms with Gasteiger partial charge < -0.3 is 9.64 Å². The summed E-state index contributed by atoms with van der Waals surface area (Å²) in [6.07, 6.45) is 2.49. The van der Waals surface area contributed by atoms with Gasteiger partial charge in [-0.2, -0.15) is 0 Å². The number of benzene rings is 2. The number of nitro benzene ring substituents is 1. The quantitative estimate of drug-likeness (QED) is 0.232. The number of ether oxygens (including phenoxy) is 1. The first kappa shape index (κ1) is 20.5. The third-order valence-electron chi connectivity index (χ3n) is 5.11. The summed E-state index contributed by atoms with van der Waals surface area (Å²) in [5.41, 5.74) is 1.08. The molecule has 1 aliphatic rings. The van der Waals surface area contributed by atoms with Crippen molar-refractivity contribution >= 4 is 23.1 Å². The van der Waals surface area contributed by atoms with Crippen molar-refractivity contribution in [2.75, 3.05) is 18.0 Å². The molecule has 0 saturated carbocycles. The summed E-state index contributed by atoms with van der Waals surface area (Å²) in [4.78, 5) is 37.3. The summed E-state index contributed by atoms with van der Waals surface area (Å²) >= 11 is 0. The Morgan fingerprint density at radius 1 is 1.17 bits per heavy atom. The van der Waals surface area contributed by atoms with Crippen LogP contribution in [-0.2, 0) is 0 Å². The molecule has 0 N–H and O–H groups in total. The highest BCUT2D eigenvalue weighted by Crippen LogP contribution is 2.32. The lowest BCUT2D eigenvalue weighted by Crippen LogP contribution is -2.34. The number of piperidine rings is 1. The SMILES string of the molecule is CCC(=O)c1ccc(OC(=O)c2ccc(N3CCC[C@H](C)C3)c([N+](=O)[O-])c2)cc1. The van der Waals surface area contributed by atoms with Crippen LogP contribution in [0.5, 0.6) is 5.75 Å². The number of esters is 1. The van der Waals surface area contributed by atoms with Gasteiger partial charge in [-0.15, -0.1) is 0 Å². The summed E-state index contributed by atoms with van der Waals surface area (Å²) in [5, 5.41) is 11.6. The van der Waals surface area contributed by atoms with Crippen molar-refractivity contribution in [1.82, 2.24) is 0 Å². The molecule has 2 aromatic carbocycles. The monoisotopic (exact) mass is 396 g/mol. The van der Waals surface area contributed by atoms with Crippen molar-refractivity contribution < 1.29 is 19.2 Å². The average molecular weight is 396 g/mol. The van der Waals surface area contributed by atoms with E-state index in [1.807, 2.05) is 4.90 Å². The molecule has 1 aliphatic heterocycles. The first-order valence-corrected chi connectivity index (χ1v) is 9.78. The molecular weight excluding hydrogens is 372 g/mol. The van der Waals surface area contributed by atoms with Crippen molar-refractivity contribution in [3.05, 3.63) is 63.7 Å². The largest absolute Gasteiger partial charge is 0.423 e. The molecule has 0 aromatic heterocycles. The summed E-state index contributed by atoms with van der Waals surface area (Å²) in [7, 11) is 0. The summed E-state index contributed by atoms with van der Waals surface area (Å²) in [6.45, 7) is 5.42. The molecule has 1 atom stereocenters. The van der Waals surface area contributed by atoms with E-state index < -0.39 is 10.9 Å². The molecule has 1 heterocycles. The Bertz CT molecular complexity index is 923. The Morgan fingerprint density at radius 3 is 2.48 bits per heavy atom. The van der Waals surface area contributed by atoms with E-state index in [1.54, 1.807) is 43.3 Å². The molecule has 0 spiro atoms. The Morgan fingerprint density at radius 2 is 1.86 bits per heavy atom. The molecule has 29 heavy (non-hydrogen) atoms. The first-order chi connectivity index (χ1) is 13.9.